The van der Waals surface area contributed by atoms with Crippen LogP contribution in [0.15, 0.2) is 12.4 Å². The fraction of sp³-hybridized carbons (Fsp3) is 0.688. The second-order valence-electron chi connectivity index (χ2n) is 6.65. The van der Waals surface area contributed by atoms with Crippen LogP contribution >= 0.6 is 23.2 Å². The van der Waals surface area contributed by atoms with E-state index in [1.54, 1.807) is 12.4 Å². The van der Waals surface area contributed by atoms with Gasteiger partial charge in [-0.15, -0.1) is 0 Å². The van der Waals surface area contributed by atoms with Crippen LogP contribution < -0.4 is 0 Å². The molecule has 0 amide bonds. The highest BCUT2D eigenvalue weighted by Crippen LogP contribution is 2.38. The Morgan fingerprint density at radius 3 is 2.64 bits per heavy atom. The van der Waals surface area contributed by atoms with Gasteiger partial charge in [0.05, 0.1) is 23.3 Å². The first kappa shape index (κ1) is 15.2. The van der Waals surface area contributed by atoms with Crippen molar-refractivity contribution in [2.24, 2.45) is 5.92 Å². The molecule has 0 spiro atoms. The summed E-state index contributed by atoms with van der Waals surface area (Å²) in [5.41, 5.74) is 0.988. The molecule has 3 aliphatic rings. The standard InChI is InChI=1S/C16H21Cl2N3O/c17-14-5-19-6-15(18)13(14)8-20-3-4-21-12(7-20)9-22-10-16(21)11-1-2-11/h5-6,11-12,16H,1-4,7-10H2/t12-,16-/m1/s1. The van der Waals surface area contributed by atoms with Crippen LogP contribution in [0.2, 0.25) is 10.0 Å². The molecule has 4 rings (SSSR count). The van der Waals surface area contributed by atoms with E-state index in [1.807, 2.05) is 0 Å². The van der Waals surface area contributed by atoms with E-state index in [0.29, 0.717) is 22.1 Å². The summed E-state index contributed by atoms with van der Waals surface area (Å²) in [6, 6.07) is 1.15. The molecule has 0 bridgehead atoms. The molecule has 6 heteroatoms. The van der Waals surface area contributed by atoms with E-state index in [0.717, 1.165) is 50.9 Å². The monoisotopic (exact) mass is 341 g/mol. The van der Waals surface area contributed by atoms with Gasteiger partial charge in [0.1, 0.15) is 0 Å². The van der Waals surface area contributed by atoms with Crippen molar-refractivity contribution >= 4 is 23.2 Å². The minimum Gasteiger partial charge on any atom is -0.378 e. The highest BCUT2D eigenvalue weighted by molar-refractivity contribution is 6.35. The molecule has 22 heavy (non-hydrogen) atoms. The molecule has 1 aromatic heterocycles. The first-order valence-electron chi connectivity index (χ1n) is 8.06. The number of morpholine rings is 1. The molecular weight excluding hydrogens is 321 g/mol. The van der Waals surface area contributed by atoms with E-state index in [4.69, 9.17) is 27.9 Å². The van der Waals surface area contributed by atoms with Crippen molar-refractivity contribution in [2.75, 3.05) is 32.8 Å². The lowest BCUT2D eigenvalue weighted by Gasteiger charge is -2.48. The van der Waals surface area contributed by atoms with Gasteiger partial charge in [0.15, 0.2) is 0 Å². The Balaban J connectivity index is 1.43. The highest BCUT2D eigenvalue weighted by Gasteiger charge is 2.42. The topological polar surface area (TPSA) is 28.6 Å². The third kappa shape index (κ3) is 3.00. The van der Waals surface area contributed by atoms with Crippen molar-refractivity contribution in [3.63, 3.8) is 0 Å². The van der Waals surface area contributed by atoms with Crippen molar-refractivity contribution in [1.82, 2.24) is 14.8 Å². The molecular formula is C16H21Cl2N3O. The van der Waals surface area contributed by atoms with E-state index in [-0.39, 0.29) is 0 Å². The van der Waals surface area contributed by atoms with Crippen LogP contribution in [0.5, 0.6) is 0 Å². The lowest BCUT2D eigenvalue weighted by Crippen LogP contribution is -2.62. The zero-order chi connectivity index (χ0) is 15.1. The van der Waals surface area contributed by atoms with Crippen LogP contribution in [0.3, 0.4) is 0 Å². The average molecular weight is 342 g/mol. The predicted molar refractivity (Wildman–Crippen MR) is 87.4 cm³/mol. The van der Waals surface area contributed by atoms with Gasteiger partial charge >= 0.3 is 0 Å². The van der Waals surface area contributed by atoms with Gasteiger partial charge in [-0.3, -0.25) is 14.8 Å². The minimum atomic E-state index is 0.507. The summed E-state index contributed by atoms with van der Waals surface area (Å²) >= 11 is 12.5. The second kappa shape index (κ2) is 6.25. The first-order chi connectivity index (χ1) is 10.7. The Morgan fingerprint density at radius 1 is 1.14 bits per heavy atom. The maximum atomic E-state index is 6.25. The Hall–Kier alpha value is -0.390. The van der Waals surface area contributed by atoms with E-state index >= 15 is 0 Å². The van der Waals surface area contributed by atoms with Crippen molar-refractivity contribution in [2.45, 2.75) is 31.5 Å². The molecule has 1 aromatic rings. The fourth-order valence-electron chi connectivity index (χ4n) is 3.78. The van der Waals surface area contributed by atoms with Gasteiger partial charge in [0, 0.05) is 56.2 Å². The van der Waals surface area contributed by atoms with Gasteiger partial charge in [-0.1, -0.05) is 23.2 Å². The summed E-state index contributed by atoms with van der Waals surface area (Å²) < 4.78 is 5.87. The summed E-state index contributed by atoms with van der Waals surface area (Å²) in [7, 11) is 0. The summed E-state index contributed by atoms with van der Waals surface area (Å²) in [4.78, 5) is 9.15. The van der Waals surface area contributed by atoms with Crippen LogP contribution in [-0.4, -0.2) is 59.7 Å². The number of fused-ring (bicyclic) bond motifs is 1. The Bertz CT molecular complexity index is 532. The molecule has 120 valence electrons. The maximum Gasteiger partial charge on any atom is 0.0649 e. The third-order valence-corrected chi connectivity index (χ3v) is 5.79. The third-order valence-electron chi connectivity index (χ3n) is 5.14. The molecule has 0 unspecified atom stereocenters. The smallest absolute Gasteiger partial charge is 0.0649 e. The Morgan fingerprint density at radius 2 is 1.91 bits per heavy atom. The van der Waals surface area contributed by atoms with E-state index < -0.39 is 0 Å². The van der Waals surface area contributed by atoms with E-state index in [2.05, 4.69) is 14.8 Å². The van der Waals surface area contributed by atoms with Gasteiger partial charge in [0.25, 0.3) is 0 Å². The second-order valence-corrected chi connectivity index (χ2v) is 7.47. The molecule has 1 saturated carbocycles. The summed E-state index contributed by atoms with van der Waals surface area (Å²) in [6.45, 7) is 5.77. The zero-order valence-electron chi connectivity index (χ0n) is 12.5. The number of piperazine rings is 1. The van der Waals surface area contributed by atoms with E-state index in [9.17, 15) is 0 Å². The van der Waals surface area contributed by atoms with Gasteiger partial charge in [-0.2, -0.15) is 0 Å². The molecule has 2 atom stereocenters. The summed E-state index contributed by atoms with van der Waals surface area (Å²) in [5.74, 6) is 0.874. The fourth-order valence-corrected chi connectivity index (χ4v) is 4.27. The van der Waals surface area contributed by atoms with Gasteiger partial charge in [-0.05, 0) is 18.8 Å². The van der Waals surface area contributed by atoms with Crippen LogP contribution in [0.4, 0.5) is 0 Å². The number of nitrogens with zero attached hydrogens (tertiary/aromatic N) is 3. The summed E-state index contributed by atoms with van der Waals surface area (Å²) in [5, 5.41) is 1.32. The molecule has 1 aliphatic carbocycles. The van der Waals surface area contributed by atoms with Crippen molar-refractivity contribution in [1.29, 1.82) is 0 Å². The minimum absolute atomic E-state index is 0.507. The lowest BCUT2D eigenvalue weighted by molar-refractivity contribution is -0.0880. The lowest BCUT2D eigenvalue weighted by atomic mass is 10.0. The quantitative estimate of drug-likeness (QED) is 0.845. The Kier molecular flexibility index (Phi) is 4.31. The largest absolute Gasteiger partial charge is 0.378 e. The number of pyridine rings is 1. The van der Waals surface area contributed by atoms with Crippen molar-refractivity contribution < 1.29 is 4.74 Å². The number of hydrogen-bond donors (Lipinski definition) is 0. The number of halogens is 2. The molecule has 0 N–H and O–H groups in total. The predicted octanol–water partition coefficient (Wildman–Crippen LogP) is 2.68. The SMILES string of the molecule is Clc1cncc(Cl)c1CN1CCN2[C@@H](COC[C@@H]2C2CC2)C1. The van der Waals surface area contributed by atoms with Crippen LogP contribution in [-0.2, 0) is 11.3 Å². The van der Waals surface area contributed by atoms with E-state index in [1.165, 1.54) is 12.8 Å². The number of aromatic nitrogens is 1. The van der Waals surface area contributed by atoms with Crippen LogP contribution in [0, 0.1) is 5.92 Å². The number of hydrogen-bond acceptors (Lipinski definition) is 4. The first-order valence-corrected chi connectivity index (χ1v) is 8.81. The van der Waals surface area contributed by atoms with Gasteiger partial charge in [-0.25, -0.2) is 0 Å². The molecule has 4 nitrogen and oxygen atoms in total. The van der Waals surface area contributed by atoms with Gasteiger partial charge in [0.2, 0.25) is 0 Å². The molecule has 3 heterocycles. The molecule has 0 aromatic carbocycles. The summed E-state index contributed by atoms with van der Waals surface area (Å²) in [6.07, 6.45) is 6.10. The average Bonchev–Trinajstić information content (AvgIpc) is 3.35. The number of rotatable bonds is 3. The molecule has 0 radical (unpaired) electrons. The highest BCUT2D eigenvalue weighted by atomic mass is 35.5. The maximum absolute atomic E-state index is 6.25. The van der Waals surface area contributed by atoms with Crippen LogP contribution in [0.25, 0.3) is 0 Å². The Labute approximate surface area is 141 Å². The van der Waals surface area contributed by atoms with Crippen molar-refractivity contribution in [3.05, 3.63) is 28.0 Å². The molecule has 2 aliphatic heterocycles. The normalized spacial score (nSPS) is 30.3. The van der Waals surface area contributed by atoms with Crippen molar-refractivity contribution in [3.8, 4) is 0 Å². The van der Waals surface area contributed by atoms with Gasteiger partial charge < -0.3 is 4.74 Å². The molecule has 2 saturated heterocycles. The van der Waals surface area contributed by atoms with Crippen LogP contribution in [0.1, 0.15) is 18.4 Å². The number of ether oxygens (including phenoxy) is 1. The molecule has 3 fully saturated rings. The zero-order valence-corrected chi connectivity index (χ0v) is 14.1.